The number of aliphatic hydroxyl groups excluding tert-OH is 1. The third kappa shape index (κ3) is 7.05. The number of nitrogens with zero attached hydrogens (tertiary/aromatic N) is 4. The molecule has 0 radical (unpaired) electrons. The van der Waals surface area contributed by atoms with Gasteiger partial charge in [0.25, 0.3) is 0 Å². The van der Waals surface area contributed by atoms with Gasteiger partial charge in [-0.05, 0) is 35.9 Å². The summed E-state index contributed by atoms with van der Waals surface area (Å²) in [6.07, 6.45) is -4.74. The molecule has 3 rings (SSSR count). The molecule has 1 atom stereocenters. The van der Waals surface area contributed by atoms with Crippen LogP contribution in [-0.4, -0.2) is 50.5 Å². The molecular weight excluding hydrogens is 427 g/mol. The van der Waals surface area contributed by atoms with Gasteiger partial charge in [-0.3, -0.25) is 4.79 Å². The smallest absolute Gasteiger partial charge is 0.416 e. The molecule has 0 spiro atoms. The van der Waals surface area contributed by atoms with Gasteiger partial charge in [-0.25, -0.2) is 0 Å². The van der Waals surface area contributed by atoms with E-state index >= 15 is 0 Å². The summed E-state index contributed by atoms with van der Waals surface area (Å²) in [4.78, 5) is 13.4. The summed E-state index contributed by atoms with van der Waals surface area (Å²) < 4.78 is 42.9. The van der Waals surface area contributed by atoms with Crippen LogP contribution in [0.3, 0.4) is 0 Å². The molecule has 0 saturated carbocycles. The van der Waals surface area contributed by atoms with Crippen LogP contribution in [0.15, 0.2) is 54.6 Å². The first-order chi connectivity index (χ1) is 15.3. The zero-order chi connectivity index (χ0) is 23.0. The van der Waals surface area contributed by atoms with E-state index in [-0.39, 0.29) is 31.2 Å². The molecule has 2 aromatic carbocycles. The van der Waals surface area contributed by atoms with Crippen LogP contribution in [0, 0.1) is 0 Å². The van der Waals surface area contributed by atoms with Gasteiger partial charge in [-0.2, -0.15) is 18.0 Å². The van der Waals surface area contributed by atoms with E-state index < -0.39 is 17.8 Å². The summed E-state index contributed by atoms with van der Waals surface area (Å²) in [5.41, 5.74) is 0.0686. The third-order valence-corrected chi connectivity index (χ3v) is 4.41. The number of aromatic nitrogens is 4. The number of benzene rings is 2. The Morgan fingerprint density at radius 2 is 1.84 bits per heavy atom. The first kappa shape index (κ1) is 23.2. The van der Waals surface area contributed by atoms with Crippen LogP contribution in [0.25, 0.3) is 11.4 Å². The van der Waals surface area contributed by atoms with Gasteiger partial charge in [0.2, 0.25) is 11.7 Å². The Hall–Kier alpha value is -3.47. The van der Waals surface area contributed by atoms with Crippen molar-refractivity contribution in [1.29, 1.82) is 0 Å². The van der Waals surface area contributed by atoms with Gasteiger partial charge in [0.15, 0.2) is 0 Å². The summed E-state index contributed by atoms with van der Waals surface area (Å²) in [5.74, 6) is 0.437. The number of carbonyl (C=O) groups is 1. The lowest BCUT2D eigenvalue weighted by atomic mass is 10.2. The fourth-order valence-corrected chi connectivity index (χ4v) is 2.73. The minimum Gasteiger partial charge on any atom is -0.491 e. The highest BCUT2D eigenvalue weighted by atomic mass is 19.4. The fraction of sp³-hybridized carbons (Fsp3) is 0.333. The quantitative estimate of drug-likeness (QED) is 0.494. The zero-order valence-corrected chi connectivity index (χ0v) is 17.0. The lowest BCUT2D eigenvalue weighted by molar-refractivity contribution is -0.137. The lowest BCUT2D eigenvalue weighted by Gasteiger charge is -2.14. The van der Waals surface area contributed by atoms with Crippen LogP contribution in [0.1, 0.15) is 18.4 Å². The molecule has 0 bridgehead atoms. The number of alkyl halides is 3. The number of hydrogen-bond acceptors (Lipinski definition) is 6. The van der Waals surface area contributed by atoms with Crippen LogP contribution in [0.5, 0.6) is 5.75 Å². The van der Waals surface area contributed by atoms with Gasteiger partial charge in [-0.1, -0.05) is 30.3 Å². The van der Waals surface area contributed by atoms with Crippen molar-refractivity contribution in [2.45, 2.75) is 31.7 Å². The molecule has 0 fully saturated rings. The summed E-state index contributed by atoms with van der Waals surface area (Å²) in [6.45, 7) is 0.197. The highest BCUT2D eigenvalue weighted by molar-refractivity contribution is 5.75. The van der Waals surface area contributed by atoms with Crippen molar-refractivity contribution in [3.05, 3.63) is 60.2 Å². The Bertz CT molecular complexity index is 994. The molecule has 11 heteroatoms. The predicted octanol–water partition coefficient (Wildman–Crippen LogP) is 2.70. The monoisotopic (exact) mass is 449 g/mol. The number of tetrazole rings is 1. The van der Waals surface area contributed by atoms with Crippen molar-refractivity contribution in [3.8, 4) is 17.1 Å². The second kappa shape index (κ2) is 10.7. The van der Waals surface area contributed by atoms with Crippen molar-refractivity contribution in [1.82, 2.24) is 25.5 Å². The average molecular weight is 449 g/mol. The number of amides is 1. The van der Waals surface area contributed by atoms with Crippen LogP contribution >= 0.6 is 0 Å². The zero-order valence-electron chi connectivity index (χ0n) is 17.0. The minimum atomic E-state index is -4.42. The van der Waals surface area contributed by atoms with Crippen molar-refractivity contribution in [2.75, 3.05) is 13.2 Å². The van der Waals surface area contributed by atoms with Gasteiger partial charge in [0.1, 0.15) is 18.5 Å². The molecule has 1 aromatic heterocycles. The van der Waals surface area contributed by atoms with E-state index in [4.69, 9.17) is 4.74 Å². The van der Waals surface area contributed by atoms with Crippen molar-refractivity contribution in [2.24, 2.45) is 0 Å². The van der Waals surface area contributed by atoms with Crippen molar-refractivity contribution in [3.63, 3.8) is 0 Å². The molecule has 1 unspecified atom stereocenters. The number of carbonyl (C=O) groups excluding carboxylic acids is 1. The molecular formula is C21H22F3N5O3. The van der Waals surface area contributed by atoms with E-state index in [1.54, 1.807) is 0 Å². The van der Waals surface area contributed by atoms with Crippen LogP contribution in [0.4, 0.5) is 13.2 Å². The number of rotatable bonds is 10. The maximum atomic E-state index is 12.5. The normalized spacial score (nSPS) is 12.4. The van der Waals surface area contributed by atoms with E-state index in [1.807, 2.05) is 30.3 Å². The fourth-order valence-electron chi connectivity index (χ4n) is 2.73. The van der Waals surface area contributed by atoms with E-state index in [0.29, 0.717) is 18.8 Å². The molecule has 8 nitrogen and oxygen atoms in total. The lowest BCUT2D eigenvalue weighted by Crippen LogP contribution is -2.35. The molecule has 170 valence electrons. The van der Waals surface area contributed by atoms with Crippen LogP contribution < -0.4 is 10.1 Å². The molecule has 1 heterocycles. The standard InChI is InChI=1S/C21H22F3N5O3/c22-21(23,24)16-8-10-18(11-9-16)32-14-17(30)13-25-19(31)7-4-12-29-27-20(26-28-29)15-5-2-1-3-6-15/h1-3,5-6,8-11,17,30H,4,7,12-14H2,(H,25,31). The summed E-state index contributed by atoms with van der Waals surface area (Å²) >= 11 is 0. The average Bonchev–Trinajstić information content (AvgIpc) is 3.25. The predicted molar refractivity (Wildman–Crippen MR) is 108 cm³/mol. The number of halogens is 3. The molecule has 1 amide bonds. The number of aryl methyl sites for hydroxylation is 1. The molecule has 32 heavy (non-hydrogen) atoms. The Morgan fingerprint density at radius 1 is 1.12 bits per heavy atom. The third-order valence-electron chi connectivity index (χ3n) is 4.41. The summed E-state index contributed by atoms with van der Waals surface area (Å²) in [7, 11) is 0. The molecule has 0 saturated heterocycles. The number of ether oxygens (including phenoxy) is 1. The topological polar surface area (TPSA) is 102 Å². The van der Waals surface area contributed by atoms with E-state index in [9.17, 15) is 23.1 Å². The highest BCUT2D eigenvalue weighted by Crippen LogP contribution is 2.30. The van der Waals surface area contributed by atoms with Crippen molar-refractivity contribution < 1.29 is 27.8 Å². The number of hydrogen-bond donors (Lipinski definition) is 2. The first-order valence-corrected chi connectivity index (χ1v) is 9.89. The van der Waals surface area contributed by atoms with Crippen molar-refractivity contribution >= 4 is 5.91 Å². The maximum Gasteiger partial charge on any atom is 0.416 e. The minimum absolute atomic E-state index is 0.0425. The molecule has 3 aromatic rings. The number of nitrogens with one attached hydrogen (secondary N) is 1. The van der Waals surface area contributed by atoms with Gasteiger partial charge in [0.05, 0.1) is 12.1 Å². The highest BCUT2D eigenvalue weighted by Gasteiger charge is 2.30. The van der Waals surface area contributed by atoms with Gasteiger partial charge in [-0.15, -0.1) is 10.2 Å². The van der Waals surface area contributed by atoms with E-state index in [0.717, 1.165) is 17.7 Å². The van der Waals surface area contributed by atoms with Gasteiger partial charge < -0.3 is 15.2 Å². The molecule has 0 aliphatic rings. The largest absolute Gasteiger partial charge is 0.491 e. The van der Waals surface area contributed by atoms with E-state index in [2.05, 4.69) is 20.7 Å². The van der Waals surface area contributed by atoms with E-state index in [1.165, 1.54) is 16.9 Å². The van der Waals surface area contributed by atoms with Gasteiger partial charge >= 0.3 is 6.18 Å². The molecule has 0 aliphatic carbocycles. The molecule has 0 aliphatic heterocycles. The first-order valence-electron chi connectivity index (χ1n) is 9.89. The number of aliphatic hydroxyl groups is 1. The Morgan fingerprint density at radius 3 is 2.53 bits per heavy atom. The Balaban J connectivity index is 1.32. The Labute approximate surface area is 182 Å². The van der Waals surface area contributed by atoms with Gasteiger partial charge in [0, 0.05) is 18.5 Å². The SMILES string of the molecule is O=C(CCCn1nnc(-c2ccccc2)n1)NCC(O)COc1ccc(C(F)(F)F)cc1. The second-order valence-corrected chi connectivity index (χ2v) is 6.97. The Kier molecular flexibility index (Phi) is 7.77. The van der Waals surface area contributed by atoms with Crippen LogP contribution in [-0.2, 0) is 17.5 Å². The summed E-state index contributed by atoms with van der Waals surface area (Å²) in [6, 6.07) is 13.6. The molecule has 2 N–H and O–H groups in total. The summed E-state index contributed by atoms with van der Waals surface area (Å²) in [5, 5.41) is 24.7. The second-order valence-electron chi connectivity index (χ2n) is 6.97. The van der Waals surface area contributed by atoms with Crippen LogP contribution in [0.2, 0.25) is 0 Å². The maximum absolute atomic E-state index is 12.5.